The second-order valence-electron chi connectivity index (χ2n) is 7.73. The Morgan fingerprint density at radius 3 is 2.62 bits per heavy atom. The molecule has 1 aliphatic rings. The van der Waals surface area contributed by atoms with Crippen molar-refractivity contribution in [3.05, 3.63) is 51.5 Å². The largest absolute Gasteiger partial charge is 0.355 e. The first kappa shape index (κ1) is 21.9. The van der Waals surface area contributed by atoms with E-state index in [2.05, 4.69) is 20.2 Å². The molecule has 3 aromatic rings. The molecule has 9 nitrogen and oxygen atoms in total. The van der Waals surface area contributed by atoms with E-state index >= 15 is 0 Å². The number of nitrogens with zero attached hydrogens (tertiary/aromatic N) is 5. The van der Waals surface area contributed by atoms with Gasteiger partial charge in [-0.3, -0.25) is 19.0 Å². The van der Waals surface area contributed by atoms with Crippen LogP contribution in [0.3, 0.4) is 0 Å². The molecule has 0 aromatic carbocycles. The predicted molar refractivity (Wildman–Crippen MR) is 124 cm³/mol. The summed E-state index contributed by atoms with van der Waals surface area (Å²) in [7, 11) is 0. The number of pyridine rings is 1. The Morgan fingerprint density at radius 1 is 1.16 bits per heavy atom. The highest BCUT2D eigenvalue weighted by molar-refractivity contribution is 7.20. The zero-order valence-corrected chi connectivity index (χ0v) is 19.0. The van der Waals surface area contributed by atoms with E-state index in [4.69, 9.17) is 0 Å². The summed E-state index contributed by atoms with van der Waals surface area (Å²) in [4.78, 5) is 52.0. The summed E-state index contributed by atoms with van der Waals surface area (Å²) in [5.74, 6) is 0.591. The third-order valence-corrected chi connectivity index (χ3v) is 6.73. The maximum Gasteiger partial charge on any atom is 0.264 e. The minimum absolute atomic E-state index is 0.0854. The fraction of sp³-hybridized carbons (Fsp3) is 0.409. The summed E-state index contributed by atoms with van der Waals surface area (Å²) >= 11 is 1.24. The van der Waals surface area contributed by atoms with Crippen molar-refractivity contribution in [1.29, 1.82) is 0 Å². The number of hydrogen-bond donors (Lipinski definition) is 1. The first-order valence-corrected chi connectivity index (χ1v) is 11.5. The number of aromatic nitrogens is 3. The lowest BCUT2D eigenvalue weighted by Gasteiger charge is -2.35. The molecule has 1 N–H and O–H groups in total. The molecule has 0 unspecified atom stereocenters. The number of carbonyl (C=O) groups is 2. The Kier molecular flexibility index (Phi) is 6.50. The fourth-order valence-electron chi connectivity index (χ4n) is 3.77. The third-order valence-electron chi connectivity index (χ3n) is 5.54. The van der Waals surface area contributed by atoms with Crippen LogP contribution in [0.15, 0.2) is 35.5 Å². The van der Waals surface area contributed by atoms with Crippen molar-refractivity contribution in [3.63, 3.8) is 0 Å². The number of hydrogen-bond acceptors (Lipinski definition) is 7. The minimum atomic E-state index is -0.297. The maximum absolute atomic E-state index is 13.2. The van der Waals surface area contributed by atoms with E-state index in [1.54, 1.807) is 13.1 Å². The highest BCUT2D eigenvalue weighted by Crippen LogP contribution is 2.28. The van der Waals surface area contributed by atoms with Crippen molar-refractivity contribution in [3.8, 4) is 0 Å². The van der Waals surface area contributed by atoms with Gasteiger partial charge < -0.3 is 15.1 Å². The molecule has 10 heteroatoms. The first-order chi connectivity index (χ1) is 15.5. The topological polar surface area (TPSA) is 100 Å². The maximum atomic E-state index is 13.2. The second kappa shape index (κ2) is 9.47. The molecule has 32 heavy (non-hydrogen) atoms. The summed E-state index contributed by atoms with van der Waals surface area (Å²) in [5.41, 5.74) is 0.331. The summed E-state index contributed by atoms with van der Waals surface area (Å²) in [5, 5.41) is 3.17. The monoisotopic (exact) mass is 454 g/mol. The molecule has 4 rings (SSSR count). The molecule has 168 valence electrons. The van der Waals surface area contributed by atoms with Gasteiger partial charge in [0.1, 0.15) is 17.2 Å². The van der Waals surface area contributed by atoms with Gasteiger partial charge in [-0.1, -0.05) is 13.0 Å². The molecule has 1 aliphatic heterocycles. The number of anilines is 1. The van der Waals surface area contributed by atoms with Gasteiger partial charge in [0.15, 0.2) is 0 Å². The minimum Gasteiger partial charge on any atom is -0.355 e. The number of rotatable bonds is 6. The Balaban J connectivity index is 1.51. The lowest BCUT2D eigenvalue weighted by molar-refractivity contribution is -0.121. The smallest absolute Gasteiger partial charge is 0.264 e. The molecular formula is C22H26N6O3S. The number of nitrogens with one attached hydrogen (secondary N) is 1. The number of aryl methyl sites for hydroxylation is 1. The molecule has 2 amide bonds. The molecule has 0 bridgehead atoms. The first-order valence-electron chi connectivity index (χ1n) is 10.7. The zero-order valence-electron chi connectivity index (χ0n) is 18.2. The molecular weight excluding hydrogens is 428 g/mol. The Hall–Kier alpha value is -3.27. The van der Waals surface area contributed by atoms with E-state index in [-0.39, 0.29) is 23.9 Å². The van der Waals surface area contributed by atoms with Crippen LogP contribution >= 0.6 is 11.3 Å². The quantitative estimate of drug-likeness (QED) is 0.608. The van der Waals surface area contributed by atoms with Crippen molar-refractivity contribution in [1.82, 2.24) is 24.8 Å². The highest BCUT2D eigenvalue weighted by atomic mass is 32.1. The van der Waals surface area contributed by atoms with Crippen LogP contribution < -0.4 is 15.8 Å². The third kappa shape index (κ3) is 4.36. The summed E-state index contributed by atoms with van der Waals surface area (Å²) in [6.45, 7) is 6.78. The van der Waals surface area contributed by atoms with Gasteiger partial charge in [0.25, 0.3) is 11.5 Å². The molecule has 0 radical (unpaired) electrons. The van der Waals surface area contributed by atoms with E-state index in [1.165, 1.54) is 22.2 Å². The van der Waals surface area contributed by atoms with Crippen LogP contribution in [-0.4, -0.2) is 64.0 Å². The van der Waals surface area contributed by atoms with Crippen molar-refractivity contribution < 1.29 is 9.59 Å². The Bertz CT molecular complexity index is 1180. The van der Waals surface area contributed by atoms with Crippen molar-refractivity contribution in [2.75, 3.05) is 37.6 Å². The van der Waals surface area contributed by atoms with Crippen molar-refractivity contribution in [2.24, 2.45) is 0 Å². The number of piperazine rings is 1. The van der Waals surface area contributed by atoms with Crippen LogP contribution in [0, 0.1) is 6.92 Å². The van der Waals surface area contributed by atoms with Gasteiger partial charge in [0, 0.05) is 38.9 Å². The van der Waals surface area contributed by atoms with E-state index in [1.807, 2.05) is 30.0 Å². The molecule has 1 saturated heterocycles. The van der Waals surface area contributed by atoms with Crippen LogP contribution in [0.5, 0.6) is 0 Å². The number of amides is 2. The lowest BCUT2D eigenvalue weighted by atomic mass is 10.2. The molecule has 4 heterocycles. The van der Waals surface area contributed by atoms with Crippen LogP contribution in [0.1, 0.15) is 28.6 Å². The lowest BCUT2D eigenvalue weighted by Crippen LogP contribution is -2.49. The standard InChI is InChI=1S/C22H26N6O3S/c1-3-7-24-17(29)13-28-14-25-20-18(21(28)30)15(2)19(32-20)22(31)27-11-9-26(10-12-27)16-6-4-5-8-23-16/h4-6,8,14H,3,7,9-13H2,1-2H3,(H,24,29). The van der Waals surface area contributed by atoms with Crippen LogP contribution in [0.4, 0.5) is 5.82 Å². The molecule has 0 spiro atoms. The van der Waals surface area contributed by atoms with Gasteiger partial charge in [-0.05, 0) is 31.0 Å². The van der Waals surface area contributed by atoms with Gasteiger partial charge >= 0.3 is 0 Å². The van der Waals surface area contributed by atoms with E-state index in [0.29, 0.717) is 53.4 Å². The summed E-state index contributed by atoms with van der Waals surface area (Å²) in [6, 6.07) is 5.80. The predicted octanol–water partition coefficient (Wildman–Crippen LogP) is 1.65. The van der Waals surface area contributed by atoms with Gasteiger partial charge in [-0.2, -0.15) is 0 Å². The van der Waals surface area contributed by atoms with E-state index in [9.17, 15) is 14.4 Å². The summed E-state index contributed by atoms with van der Waals surface area (Å²) < 4.78 is 1.30. The number of carbonyl (C=O) groups excluding carboxylic acids is 2. The number of thiophene rings is 1. The van der Waals surface area contributed by atoms with Crippen LogP contribution in [0.2, 0.25) is 0 Å². The molecule has 1 fully saturated rings. The SMILES string of the molecule is CCCNC(=O)Cn1cnc2sc(C(=O)N3CCN(c4ccccn4)CC3)c(C)c2c1=O. The van der Waals surface area contributed by atoms with Gasteiger partial charge in [-0.15, -0.1) is 11.3 Å². The second-order valence-corrected chi connectivity index (χ2v) is 8.73. The molecule has 3 aromatic heterocycles. The van der Waals surface area contributed by atoms with Gasteiger partial charge in [0.2, 0.25) is 5.91 Å². The van der Waals surface area contributed by atoms with Gasteiger partial charge in [-0.25, -0.2) is 9.97 Å². The van der Waals surface area contributed by atoms with E-state index in [0.717, 1.165) is 12.2 Å². The molecule has 0 atom stereocenters. The average Bonchev–Trinajstić information content (AvgIpc) is 3.16. The number of fused-ring (bicyclic) bond motifs is 1. The zero-order chi connectivity index (χ0) is 22.7. The normalized spacial score (nSPS) is 14.1. The Morgan fingerprint density at radius 2 is 1.94 bits per heavy atom. The Labute approximate surface area is 189 Å². The van der Waals surface area contributed by atoms with Crippen LogP contribution in [0.25, 0.3) is 10.2 Å². The molecule has 0 aliphatic carbocycles. The van der Waals surface area contributed by atoms with Crippen molar-refractivity contribution in [2.45, 2.75) is 26.8 Å². The highest BCUT2D eigenvalue weighted by Gasteiger charge is 2.27. The van der Waals surface area contributed by atoms with E-state index < -0.39 is 0 Å². The average molecular weight is 455 g/mol. The fourth-order valence-corrected chi connectivity index (χ4v) is 4.88. The molecule has 0 saturated carbocycles. The van der Waals surface area contributed by atoms with Crippen molar-refractivity contribution >= 4 is 39.2 Å². The van der Waals surface area contributed by atoms with Crippen LogP contribution in [-0.2, 0) is 11.3 Å². The van der Waals surface area contributed by atoms with Gasteiger partial charge in [0.05, 0.1) is 16.6 Å². The summed E-state index contributed by atoms with van der Waals surface area (Å²) in [6.07, 6.45) is 3.97.